The van der Waals surface area contributed by atoms with Gasteiger partial charge in [-0.2, -0.15) is 0 Å². The van der Waals surface area contributed by atoms with E-state index in [0.29, 0.717) is 10.7 Å². The molecule has 0 bridgehead atoms. The lowest BCUT2D eigenvalue weighted by molar-refractivity contribution is 0.483. The number of aromatic nitrogens is 2. The highest BCUT2D eigenvalue weighted by Crippen LogP contribution is 2.36. The largest absolute Gasteiger partial charge is 0.505 e. The number of aromatic hydroxyl groups is 1. The van der Waals surface area contributed by atoms with Gasteiger partial charge in [0.2, 0.25) is 0 Å². The van der Waals surface area contributed by atoms with E-state index in [-0.39, 0.29) is 5.75 Å². The fraction of sp³-hybridized carbons (Fsp3) is 0. The quantitative estimate of drug-likeness (QED) is 0.687. The Balaban J connectivity index is 2.28. The highest BCUT2D eigenvalue weighted by atomic mass is 35.5. The van der Waals surface area contributed by atoms with Crippen LogP contribution >= 0.6 is 11.6 Å². The van der Waals surface area contributed by atoms with Gasteiger partial charge in [-0.3, -0.25) is 4.98 Å². The van der Waals surface area contributed by atoms with Crippen LogP contribution in [0.4, 0.5) is 0 Å². The fourth-order valence-corrected chi connectivity index (χ4v) is 2.05. The van der Waals surface area contributed by atoms with Crippen LogP contribution in [0.3, 0.4) is 0 Å². The Bertz CT molecular complexity index is 676. The van der Waals surface area contributed by atoms with E-state index in [1.807, 2.05) is 12.1 Å². The first kappa shape index (κ1) is 10.2. The Morgan fingerprint density at radius 3 is 2.65 bits per heavy atom. The standard InChI is InChI=1S/C13H9ClN2O/c14-9-1-2-10-11(7-9)16-12(13(10)17)8-3-5-15-6-4-8/h1-7,16-17H. The van der Waals surface area contributed by atoms with Crippen molar-refractivity contribution >= 4 is 22.5 Å². The van der Waals surface area contributed by atoms with Crippen molar-refractivity contribution in [2.45, 2.75) is 0 Å². The van der Waals surface area contributed by atoms with Gasteiger partial charge in [0.15, 0.2) is 0 Å². The molecule has 2 heterocycles. The normalized spacial score (nSPS) is 10.9. The van der Waals surface area contributed by atoms with Crippen LogP contribution in [0.1, 0.15) is 0 Å². The molecule has 84 valence electrons. The second-order valence-corrected chi connectivity index (χ2v) is 4.21. The molecule has 2 N–H and O–H groups in total. The Morgan fingerprint density at radius 2 is 1.88 bits per heavy atom. The smallest absolute Gasteiger partial charge is 0.148 e. The summed E-state index contributed by atoms with van der Waals surface area (Å²) in [6, 6.07) is 9.03. The summed E-state index contributed by atoms with van der Waals surface area (Å²) in [7, 11) is 0. The van der Waals surface area contributed by atoms with Crippen molar-refractivity contribution in [2.75, 3.05) is 0 Å². The van der Waals surface area contributed by atoms with Crippen LogP contribution in [-0.2, 0) is 0 Å². The van der Waals surface area contributed by atoms with Gasteiger partial charge in [0, 0.05) is 28.4 Å². The van der Waals surface area contributed by atoms with E-state index in [1.165, 1.54) is 0 Å². The molecule has 0 radical (unpaired) electrons. The van der Waals surface area contributed by atoms with Crippen molar-refractivity contribution in [1.82, 2.24) is 9.97 Å². The van der Waals surface area contributed by atoms with Gasteiger partial charge in [-0.15, -0.1) is 0 Å². The van der Waals surface area contributed by atoms with Crippen LogP contribution in [0.25, 0.3) is 22.2 Å². The maximum atomic E-state index is 10.1. The SMILES string of the molecule is Oc1c(-c2ccncc2)[nH]c2cc(Cl)ccc12. The molecule has 0 fully saturated rings. The predicted octanol–water partition coefficient (Wildman–Crippen LogP) is 3.59. The molecular formula is C13H9ClN2O. The molecule has 0 atom stereocenters. The molecule has 4 heteroatoms. The van der Waals surface area contributed by atoms with Crippen LogP contribution in [-0.4, -0.2) is 15.1 Å². The molecule has 0 saturated heterocycles. The zero-order chi connectivity index (χ0) is 11.8. The van der Waals surface area contributed by atoms with Crippen molar-refractivity contribution in [2.24, 2.45) is 0 Å². The lowest BCUT2D eigenvalue weighted by Crippen LogP contribution is -1.78. The van der Waals surface area contributed by atoms with E-state index < -0.39 is 0 Å². The maximum absolute atomic E-state index is 10.1. The minimum absolute atomic E-state index is 0.239. The molecule has 0 aliphatic heterocycles. The zero-order valence-corrected chi connectivity index (χ0v) is 9.57. The molecule has 0 amide bonds. The average Bonchev–Trinajstić information content (AvgIpc) is 2.67. The molecule has 3 aromatic rings. The lowest BCUT2D eigenvalue weighted by Gasteiger charge is -1.97. The maximum Gasteiger partial charge on any atom is 0.148 e. The molecule has 1 aromatic carbocycles. The minimum atomic E-state index is 0.239. The number of nitrogens with zero attached hydrogens (tertiary/aromatic N) is 1. The third kappa shape index (κ3) is 1.65. The molecule has 2 aromatic heterocycles. The lowest BCUT2D eigenvalue weighted by atomic mass is 10.1. The van der Waals surface area contributed by atoms with E-state index in [4.69, 9.17) is 11.6 Å². The monoisotopic (exact) mass is 244 g/mol. The topological polar surface area (TPSA) is 48.9 Å². The molecule has 0 saturated carbocycles. The predicted molar refractivity (Wildman–Crippen MR) is 68.2 cm³/mol. The van der Waals surface area contributed by atoms with Crippen LogP contribution in [0.2, 0.25) is 5.02 Å². The third-order valence-corrected chi connectivity index (χ3v) is 2.94. The molecule has 0 aliphatic rings. The van der Waals surface area contributed by atoms with Crippen LogP contribution in [0.5, 0.6) is 5.75 Å². The Kier molecular flexibility index (Phi) is 2.27. The van der Waals surface area contributed by atoms with Crippen LogP contribution in [0.15, 0.2) is 42.7 Å². The van der Waals surface area contributed by atoms with Gasteiger partial charge in [0.1, 0.15) is 5.75 Å². The second kappa shape index (κ2) is 3.79. The number of benzene rings is 1. The highest BCUT2D eigenvalue weighted by molar-refractivity contribution is 6.31. The van der Waals surface area contributed by atoms with E-state index in [2.05, 4.69) is 9.97 Å². The minimum Gasteiger partial charge on any atom is -0.505 e. The fourth-order valence-electron chi connectivity index (χ4n) is 1.88. The molecule has 3 rings (SSSR count). The average molecular weight is 245 g/mol. The number of pyridine rings is 1. The number of H-pyrrole nitrogens is 1. The Hall–Kier alpha value is -2.00. The molecule has 0 spiro atoms. The summed E-state index contributed by atoms with van der Waals surface area (Å²) < 4.78 is 0. The van der Waals surface area contributed by atoms with Gasteiger partial charge in [-0.1, -0.05) is 11.6 Å². The number of aromatic amines is 1. The van der Waals surface area contributed by atoms with Crippen molar-refractivity contribution in [3.05, 3.63) is 47.7 Å². The molecule has 3 nitrogen and oxygen atoms in total. The first-order valence-electron chi connectivity index (χ1n) is 5.16. The third-order valence-electron chi connectivity index (χ3n) is 2.70. The molecule has 0 unspecified atom stereocenters. The molecule has 17 heavy (non-hydrogen) atoms. The summed E-state index contributed by atoms with van der Waals surface area (Å²) in [4.78, 5) is 7.11. The summed E-state index contributed by atoms with van der Waals surface area (Å²) in [5.41, 5.74) is 2.40. The molecular weight excluding hydrogens is 236 g/mol. The highest BCUT2D eigenvalue weighted by Gasteiger charge is 2.11. The summed E-state index contributed by atoms with van der Waals surface area (Å²) in [6.45, 7) is 0. The Morgan fingerprint density at radius 1 is 1.12 bits per heavy atom. The van der Waals surface area contributed by atoms with Gasteiger partial charge >= 0.3 is 0 Å². The van der Waals surface area contributed by atoms with Gasteiger partial charge in [0.25, 0.3) is 0 Å². The first-order chi connectivity index (χ1) is 8.25. The van der Waals surface area contributed by atoms with E-state index in [9.17, 15) is 5.11 Å². The second-order valence-electron chi connectivity index (χ2n) is 3.77. The van der Waals surface area contributed by atoms with Crippen molar-refractivity contribution in [3.8, 4) is 17.0 Å². The summed E-state index contributed by atoms with van der Waals surface area (Å²) >= 11 is 5.91. The van der Waals surface area contributed by atoms with Crippen molar-refractivity contribution < 1.29 is 5.11 Å². The Labute approximate surface area is 103 Å². The van der Waals surface area contributed by atoms with Crippen molar-refractivity contribution in [1.29, 1.82) is 0 Å². The molecule has 0 aliphatic carbocycles. The van der Waals surface area contributed by atoms with Gasteiger partial charge in [0.05, 0.1) is 11.2 Å². The number of rotatable bonds is 1. The van der Waals surface area contributed by atoms with Crippen molar-refractivity contribution in [3.63, 3.8) is 0 Å². The van der Waals surface area contributed by atoms with Gasteiger partial charge in [-0.05, 0) is 30.3 Å². The zero-order valence-electron chi connectivity index (χ0n) is 8.81. The van der Waals surface area contributed by atoms with Crippen LogP contribution in [0, 0.1) is 0 Å². The van der Waals surface area contributed by atoms with Crippen LogP contribution < -0.4 is 0 Å². The van der Waals surface area contributed by atoms with E-state index in [0.717, 1.165) is 16.5 Å². The summed E-state index contributed by atoms with van der Waals surface area (Å²) in [5.74, 6) is 0.239. The van der Waals surface area contributed by atoms with E-state index >= 15 is 0 Å². The number of hydrogen-bond donors (Lipinski definition) is 2. The first-order valence-corrected chi connectivity index (χ1v) is 5.54. The summed E-state index contributed by atoms with van der Waals surface area (Å²) in [6.07, 6.45) is 3.38. The van der Waals surface area contributed by atoms with Gasteiger partial charge < -0.3 is 10.1 Å². The number of hydrogen-bond acceptors (Lipinski definition) is 2. The summed E-state index contributed by atoms with van der Waals surface area (Å²) in [5, 5.41) is 11.5. The van der Waals surface area contributed by atoms with Gasteiger partial charge in [-0.25, -0.2) is 0 Å². The van der Waals surface area contributed by atoms with E-state index in [1.54, 1.807) is 30.6 Å². The number of halogens is 1. The number of nitrogens with one attached hydrogen (secondary N) is 1. The number of fused-ring (bicyclic) bond motifs is 1.